The van der Waals surface area contributed by atoms with Crippen LogP contribution in [0.25, 0.3) is 0 Å². The van der Waals surface area contributed by atoms with Gasteiger partial charge in [-0.3, -0.25) is 9.59 Å². The molecule has 2 heterocycles. The van der Waals surface area contributed by atoms with E-state index in [-0.39, 0.29) is 34.4 Å². The maximum atomic E-state index is 13.9. The summed E-state index contributed by atoms with van der Waals surface area (Å²) in [5, 5.41) is 9.99. The summed E-state index contributed by atoms with van der Waals surface area (Å²) in [6.45, 7) is 12.1. The molecule has 0 spiro atoms. The normalized spacial score (nSPS) is 21.6. The molecule has 1 saturated carbocycles. The average Bonchev–Trinajstić information content (AvgIpc) is 3.22. The van der Waals surface area contributed by atoms with Crippen LogP contribution in [0.3, 0.4) is 0 Å². The Morgan fingerprint density at radius 1 is 1.20 bits per heavy atom. The molecular formula is C27H38N2O5S. The fraction of sp³-hybridized carbons (Fsp3) is 0.667. The highest BCUT2D eigenvalue weighted by atomic mass is 32.1. The van der Waals surface area contributed by atoms with Crippen LogP contribution in [0, 0.1) is 29.1 Å². The lowest BCUT2D eigenvalue weighted by Crippen LogP contribution is -2.47. The van der Waals surface area contributed by atoms with Crippen molar-refractivity contribution in [2.24, 2.45) is 17.3 Å². The Kier molecular flexibility index (Phi) is 9.00. The Hall–Kier alpha value is -2.37. The minimum absolute atomic E-state index is 0.0456. The Labute approximate surface area is 212 Å². The van der Waals surface area contributed by atoms with Gasteiger partial charge in [-0.2, -0.15) is 0 Å². The Morgan fingerprint density at radius 3 is 2.40 bits per heavy atom. The van der Waals surface area contributed by atoms with Crippen molar-refractivity contribution >= 4 is 34.8 Å². The minimum Gasteiger partial charge on any atom is -0.477 e. The molecule has 2 fully saturated rings. The highest BCUT2D eigenvalue weighted by molar-refractivity contribution is 7.15. The number of rotatable bonds is 6. The average molecular weight is 503 g/mol. The van der Waals surface area contributed by atoms with Crippen LogP contribution in [0.5, 0.6) is 0 Å². The van der Waals surface area contributed by atoms with E-state index in [9.17, 15) is 19.5 Å². The van der Waals surface area contributed by atoms with Crippen molar-refractivity contribution in [2.45, 2.75) is 72.8 Å². The molecule has 1 atom stereocenters. The molecule has 0 radical (unpaired) electrons. The van der Waals surface area contributed by atoms with Crippen LogP contribution >= 0.6 is 11.3 Å². The third kappa shape index (κ3) is 7.31. The summed E-state index contributed by atoms with van der Waals surface area (Å²) in [4.78, 5) is 43.1. The first kappa shape index (κ1) is 27.2. The fourth-order valence-electron chi connectivity index (χ4n) is 4.59. The smallest absolute Gasteiger partial charge is 0.348 e. The van der Waals surface area contributed by atoms with Crippen LogP contribution in [0.1, 0.15) is 81.3 Å². The van der Waals surface area contributed by atoms with Crippen molar-refractivity contribution in [2.75, 3.05) is 31.2 Å². The topological polar surface area (TPSA) is 87.2 Å². The van der Waals surface area contributed by atoms with Gasteiger partial charge in [0.15, 0.2) is 0 Å². The van der Waals surface area contributed by atoms with Crippen LogP contribution < -0.4 is 4.90 Å². The molecule has 0 bridgehead atoms. The number of anilines is 1. The monoisotopic (exact) mass is 502 g/mol. The zero-order valence-corrected chi connectivity index (χ0v) is 22.4. The van der Waals surface area contributed by atoms with Crippen molar-refractivity contribution in [1.82, 2.24) is 4.90 Å². The third-order valence-electron chi connectivity index (χ3n) is 6.60. The summed E-state index contributed by atoms with van der Waals surface area (Å²) in [6, 6.07) is 1.24. The van der Waals surface area contributed by atoms with Gasteiger partial charge < -0.3 is 19.6 Å². The highest BCUT2D eigenvalue weighted by Gasteiger charge is 2.35. The van der Waals surface area contributed by atoms with Gasteiger partial charge in [-0.25, -0.2) is 4.79 Å². The first-order valence-corrected chi connectivity index (χ1v) is 13.4. The number of thiophene rings is 1. The second-order valence-corrected chi connectivity index (χ2v) is 11.9. The van der Waals surface area contributed by atoms with Gasteiger partial charge in [0.05, 0.1) is 23.8 Å². The van der Waals surface area contributed by atoms with Gasteiger partial charge in [0.25, 0.3) is 0 Å². The van der Waals surface area contributed by atoms with Crippen molar-refractivity contribution in [1.29, 1.82) is 0 Å². The van der Waals surface area contributed by atoms with Crippen molar-refractivity contribution in [3.63, 3.8) is 0 Å². The molecule has 2 amide bonds. The molecule has 1 aromatic heterocycles. The minimum atomic E-state index is -1.09. The predicted octanol–water partition coefficient (Wildman–Crippen LogP) is 4.64. The van der Waals surface area contributed by atoms with Gasteiger partial charge >= 0.3 is 5.97 Å². The van der Waals surface area contributed by atoms with Crippen LogP contribution in [0.2, 0.25) is 0 Å². The first-order valence-electron chi connectivity index (χ1n) is 12.5. The quantitative estimate of drug-likeness (QED) is 0.573. The van der Waals surface area contributed by atoms with Crippen LogP contribution in [-0.2, 0) is 14.3 Å². The molecule has 0 aromatic carbocycles. The number of nitrogens with zero attached hydrogens (tertiary/aromatic N) is 2. The number of hydrogen-bond donors (Lipinski definition) is 1. The molecule has 3 rings (SSSR count). The van der Waals surface area contributed by atoms with E-state index in [2.05, 4.69) is 18.8 Å². The molecule has 8 heteroatoms. The second kappa shape index (κ2) is 11.6. The highest BCUT2D eigenvalue weighted by Crippen LogP contribution is 2.36. The number of morpholine rings is 1. The summed E-state index contributed by atoms with van der Waals surface area (Å²) < 4.78 is 5.35. The van der Waals surface area contributed by atoms with Gasteiger partial charge in [0.1, 0.15) is 4.88 Å². The Bertz CT molecular complexity index is 985. The van der Waals surface area contributed by atoms with Gasteiger partial charge in [-0.1, -0.05) is 18.8 Å². The van der Waals surface area contributed by atoms with E-state index in [0.29, 0.717) is 42.8 Å². The van der Waals surface area contributed by atoms with Gasteiger partial charge in [-0.05, 0) is 65.4 Å². The lowest BCUT2D eigenvalue weighted by Gasteiger charge is -2.35. The second-order valence-electron chi connectivity index (χ2n) is 10.8. The van der Waals surface area contributed by atoms with Crippen LogP contribution in [0.4, 0.5) is 5.69 Å². The number of carboxylic acid groups (broad SMARTS) is 1. The molecule has 7 nitrogen and oxygen atoms in total. The maximum absolute atomic E-state index is 13.9. The molecule has 1 N–H and O–H groups in total. The van der Waals surface area contributed by atoms with E-state index < -0.39 is 12.0 Å². The molecular weight excluding hydrogens is 464 g/mol. The number of aromatic carboxylic acids is 1. The zero-order valence-electron chi connectivity index (χ0n) is 21.6. The molecule has 0 unspecified atom stereocenters. The van der Waals surface area contributed by atoms with Crippen molar-refractivity contribution in [3.8, 4) is 11.8 Å². The zero-order chi connectivity index (χ0) is 25.8. The molecule has 192 valence electrons. The van der Waals surface area contributed by atoms with E-state index in [1.165, 1.54) is 0 Å². The Morgan fingerprint density at radius 2 is 1.83 bits per heavy atom. The lowest BCUT2D eigenvalue weighted by atomic mass is 9.82. The number of hydrogen-bond acceptors (Lipinski definition) is 5. The number of ether oxygens (including phenoxy) is 1. The van der Waals surface area contributed by atoms with E-state index in [0.717, 1.165) is 37.0 Å². The molecule has 1 aromatic rings. The molecule has 35 heavy (non-hydrogen) atoms. The summed E-state index contributed by atoms with van der Waals surface area (Å²) in [6.07, 6.45) is 3.65. The van der Waals surface area contributed by atoms with E-state index in [4.69, 9.17) is 4.74 Å². The number of amides is 2. The molecule has 1 aliphatic carbocycles. The molecule has 2 aliphatic rings. The van der Waals surface area contributed by atoms with Crippen molar-refractivity contribution in [3.05, 3.63) is 15.8 Å². The summed E-state index contributed by atoms with van der Waals surface area (Å²) >= 11 is 1.09. The van der Waals surface area contributed by atoms with Gasteiger partial charge in [0, 0.05) is 36.9 Å². The molecule has 1 saturated heterocycles. The van der Waals surface area contributed by atoms with Crippen molar-refractivity contribution < 1.29 is 24.2 Å². The SMILES string of the molecule is C[C@H](CC(=O)N1CCOCC1)N(c1cc(C#CC(C)(C)C)sc1C(=O)O)C(=O)[C@H]1CC[C@H](C)CC1. The lowest BCUT2D eigenvalue weighted by molar-refractivity contribution is -0.135. The number of carbonyl (C=O) groups is 3. The van der Waals surface area contributed by atoms with Gasteiger partial charge in [-0.15, -0.1) is 11.3 Å². The van der Waals surface area contributed by atoms with Gasteiger partial charge in [0.2, 0.25) is 11.8 Å². The largest absolute Gasteiger partial charge is 0.477 e. The summed E-state index contributed by atoms with van der Waals surface area (Å²) in [5.74, 6) is 5.43. The van der Waals surface area contributed by atoms with E-state index >= 15 is 0 Å². The summed E-state index contributed by atoms with van der Waals surface area (Å²) in [7, 11) is 0. The summed E-state index contributed by atoms with van der Waals surface area (Å²) in [5.41, 5.74) is 0.117. The predicted molar refractivity (Wildman–Crippen MR) is 138 cm³/mol. The van der Waals surface area contributed by atoms with Crippen LogP contribution in [-0.4, -0.2) is 60.1 Å². The first-order chi connectivity index (χ1) is 16.5. The maximum Gasteiger partial charge on any atom is 0.348 e. The molecule has 1 aliphatic heterocycles. The fourth-order valence-corrected chi connectivity index (χ4v) is 5.43. The standard InChI is InChI=1S/C27H38N2O5S/c1-18-6-8-20(9-7-18)25(31)29(19(2)16-23(30)28-12-14-34-15-13-28)22-17-21(10-11-27(3,4)5)35-24(22)26(32)33/h17-20H,6-9,12-16H2,1-5H3,(H,32,33)/t18-,19-,20-/m1/s1. The van der Waals surface area contributed by atoms with Crippen LogP contribution in [0.15, 0.2) is 6.07 Å². The van der Waals surface area contributed by atoms with E-state index in [1.807, 2.05) is 27.7 Å². The number of carbonyl (C=O) groups excluding carboxylic acids is 2. The Balaban J connectivity index is 1.96. The van der Waals surface area contributed by atoms with E-state index in [1.54, 1.807) is 15.9 Å². The number of carboxylic acids is 1. The third-order valence-corrected chi connectivity index (χ3v) is 7.63.